The van der Waals surface area contributed by atoms with Gasteiger partial charge in [-0.1, -0.05) is 11.8 Å². The number of hydrogen-bond donors (Lipinski definition) is 3. The SMILES string of the molecule is Cc1cc(C#CCO)cc(NC(=O)c2cn[nH]c2C)c1. The summed E-state index contributed by atoms with van der Waals surface area (Å²) in [6.45, 7) is 3.52. The molecule has 3 N–H and O–H groups in total. The van der Waals surface area contributed by atoms with Crippen LogP contribution in [-0.2, 0) is 0 Å². The second-order valence-corrected chi connectivity index (χ2v) is 4.41. The fourth-order valence-corrected chi connectivity index (χ4v) is 1.85. The second kappa shape index (κ2) is 6.04. The summed E-state index contributed by atoms with van der Waals surface area (Å²) < 4.78 is 0. The van der Waals surface area contributed by atoms with Gasteiger partial charge < -0.3 is 10.4 Å². The predicted octanol–water partition coefficient (Wildman–Crippen LogP) is 1.62. The lowest BCUT2D eigenvalue weighted by atomic mass is 10.1. The number of H-pyrrole nitrogens is 1. The van der Waals surface area contributed by atoms with Crippen molar-refractivity contribution in [3.63, 3.8) is 0 Å². The van der Waals surface area contributed by atoms with Crippen LogP contribution in [0.25, 0.3) is 0 Å². The van der Waals surface area contributed by atoms with Crippen molar-refractivity contribution < 1.29 is 9.90 Å². The Kier molecular flexibility index (Phi) is 4.18. The zero-order chi connectivity index (χ0) is 14.5. The maximum Gasteiger partial charge on any atom is 0.259 e. The Morgan fingerprint density at radius 1 is 1.40 bits per heavy atom. The van der Waals surface area contributed by atoms with Crippen LogP contribution in [0.2, 0.25) is 0 Å². The largest absolute Gasteiger partial charge is 0.384 e. The monoisotopic (exact) mass is 269 g/mol. The number of anilines is 1. The van der Waals surface area contributed by atoms with Gasteiger partial charge in [-0.15, -0.1) is 0 Å². The van der Waals surface area contributed by atoms with Gasteiger partial charge in [-0.2, -0.15) is 5.10 Å². The van der Waals surface area contributed by atoms with Gasteiger partial charge in [0.25, 0.3) is 5.91 Å². The minimum Gasteiger partial charge on any atom is -0.384 e. The maximum atomic E-state index is 12.1. The molecule has 1 amide bonds. The Morgan fingerprint density at radius 2 is 2.20 bits per heavy atom. The number of aliphatic hydroxyl groups excluding tert-OH is 1. The van der Waals surface area contributed by atoms with Gasteiger partial charge in [0.15, 0.2) is 0 Å². The Hall–Kier alpha value is -2.58. The molecule has 0 unspecified atom stereocenters. The molecule has 5 heteroatoms. The maximum absolute atomic E-state index is 12.1. The molecule has 0 fully saturated rings. The van der Waals surface area contributed by atoms with Crippen molar-refractivity contribution in [2.45, 2.75) is 13.8 Å². The number of amides is 1. The van der Waals surface area contributed by atoms with E-state index in [1.165, 1.54) is 6.20 Å². The molecule has 1 heterocycles. The number of benzene rings is 1. The highest BCUT2D eigenvalue weighted by Crippen LogP contribution is 2.15. The van der Waals surface area contributed by atoms with Crippen LogP contribution in [0, 0.1) is 25.7 Å². The summed E-state index contributed by atoms with van der Waals surface area (Å²) in [7, 11) is 0. The highest BCUT2D eigenvalue weighted by atomic mass is 16.2. The first-order chi connectivity index (χ1) is 9.60. The summed E-state index contributed by atoms with van der Waals surface area (Å²) in [6.07, 6.45) is 1.49. The fraction of sp³-hybridized carbons (Fsp3) is 0.200. The van der Waals surface area contributed by atoms with Crippen molar-refractivity contribution in [2.24, 2.45) is 0 Å². The Bertz CT molecular complexity index is 693. The molecule has 20 heavy (non-hydrogen) atoms. The van der Waals surface area contributed by atoms with Crippen molar-refractivity contribution in [1.82, 2.24) is 10.2 Å². The molecule has 0 saturated carbocycles. The highest BCUT2D eigenvalue weighted by Gasteiger charge is 2.11. The van der Waals surface area contributed by atoms with E-state index in [0.29, 0.717) is 11.3 Å². The van der Waals surface area contributed by atoms with Crippen LogP contribution in [0.15, 0.2) is 24.4 Å². The molecule has 0 aliphatic heterocycles. The molecule has 2 rings (SSSR count). The van der Waals surface area contributed by atoms with Crippen LogP contribution in [0.1, 0.15) is 27.2 Å². The molecule has 0 saturated heterocycles. The number of aromatic nitrogens is 2. The van der Waals surface area contributed by atoms with Crippen LogP contribution in [-0.4, -0.2) is 27.8 Å². The van der Waals surface area contributed by atoms with Crippen LogP contribution in [0.4, 0.5) is 5.69 Å². The van der Waals surface area contributed by atoms with Crippen molar-refractivity contribution >= 4 is 11.6 Å². The molecule has 5 nitrogen and oxygen atoms in total. The second-order valence-electron chi connectivity index (χ2n) is 4.41. The van der Waals surface area contributed by atoms with E-state index in [1.807, 2.05) is 19.1 Å². The third-order valence-electron chi connectivity index (χ3n) is 2.72. The molecule has 0 bridgehead atoms. The summed E-state index contributed by atoms with van der Waals surface area (Å²) in [5.41, 5.74) is 3.62. The van der Waals surface area contributed by atoms with E-state index in [-0.39, 0.29) is 12.5 Å². The first kappa shape index (κ1) is 13.8. The van der Waals surface area contributed by atoms with Gasteiger partial charge >= 0.3 is 0 Å². The van der Waals surface area contributed by atoms with Crippen LogP contribution >= 0.6 is 0 Å². The van der Waals surface area contributed by atoms with Crippen LogP contribution in [0.5, 0.6) is 0 Å². The van der Waals surface area contributed by atoms with Crippen LogP contribution in [0.3, 0.4) is 0 Å². The van der Waals surface area contributed by atoms with Gasteiger partial charge in [0, 0.05) is 16.9 Å². The number of rotatable bonds is 2. The number of hydrogen-bond acceptors (Lipinski definition) is 3. The van der Waals surface area contributed by atoms with E-state index >= 15 is 0 Å². The molecule has 2 aromatic rings. The number of aryl methyl sites for hydroxylation is 2. The Balaban J connectivity index is 2.23. The zero-order valence-corrected chi connectivity index (χ0v) is 11.3. The van der Waals surface area contributed by atoms with Crippen molar-refractivity contribution in [3.05, 3.63) is 46.8 Å². The van der Waals surface area contributed by atoms with E-state index in [9.17, 15) is 4.79 Å². The molecule has 1 aromatic heterocycles. The topological polar surface area (TPSA) is 78.0 Å². The molecule has 0 radical (unpaired) electrons. The lowest BCUT2D eigenvalue weighted by Crippen LogP contribution is -2.12. The Labute approximate surface area is 117 Å². The standard InChI is InChI=1S/C15H15N3O2/c1-10-6-12(4-3-5-19)8-13(7-10)17-15(20)14-9-16-18-11(14)2/h6-9,19H,5H2,1-2H3,(H,16,18)(H,17,20). The third kappa shape index (κ3) is 3.25. The predicted molar refractivity (Wildman–Crippen MR) is 76.4 cm³/mol. The minimum absolute atomic E-state index is 0.191. The van der Waals surface area contributed by atoms with Gasteiger partial charge in [0.05, 0.1) is 11.8 Å². The van der Waals surface area contributed by atoms with Crippen molar-refractivity contribution in [1.29, 1.82) is 0 Å². The summed E-state index contributed by atoms with van der Waals surface area (Å²) in [4.78, 5) is 12.1. The van der Waals surface area contributed by atoms with E-state index in [0.717, 1.165) is 16.8 Å². The normalized spacial score (nSPS) is 9.75. The number of carbonyl (C=O) groups excluding carboxylic acids is 1. The van der Waals surface area contributed by atoms with Gasteiger partial charge in [-0.25, -0.2) is 0 Å². The average molecular weight is 269 g/mol. The lowest BCUT2D eigenvalue weighted by Gasteiger charge is -2.06. The van der Waals surface area contributed by atoms with Gasteiger partial charge in [0.1, 0.15) is 6.61 Å². The molecule has 102 valence electrons. The van der Waals surface area contributed by atoms with Crippen LogP contribution < -0.4 is 5.32 Å². The van der Waals surface area contributed by atoms with Gasteiger partial charge in [-0.05, 0) is 37.6 Å². The minimum atomic E-state index is -0.220. The molecule has 0 atom stereocenters. The summed E-state index contributed by atoms with van der Waals surface area (Å²) in [6, 6.07) is 5.52. The highest BCUT2D eigenvalue weighted by molar-refractivity contribution is 6.04. The molecule has 0 aliphatic carbocycles. The summed E-state index contributed by atoms with van der Waals surface area (Å²) >= 11 is 0. The van der Waals surface area contributed by atoms with Gasteiger partial charge in [-0.3, -0.25) is 9.89 Å². The van der Waals surface area contributed by atoms with Crippen molar-refractivity contribution in [2.75, 3.05) is 11.9 Å². The third-order valence-corrected chi connectivity index (χ3v) is 2.72. The number of nitrogens with zero attached hydrogens (tertiary/aromatic N) is 1. The fourth-order valence-electron chi connectivity index (χ4n) is 1.85. The number of aromatic amines is 1. The molecular weight excluding hydrogens is 254 g/mol. The number of aliphatic hydroxyl groups is 1. The summed E-state index contributed by atoms with van der Waals surface area (Å²) in [5, 5.41) is 18.1. The number of carbonyl (C=O) groups is 1. The van der Waals surface area contributed by atoms with Crippen molar-refractivity contribution in [3.8, 4) is 11.8 Å². The number of nitrogens with one attached hydrogen (secondary N) is 2. The molecule has 0 aliphatic rings. The quantitative estimate of drug-likeness (QED) is 0.725. The van der Waals surface area contributed by atoms with E-state index in [4.69, 9.17) is 5.11 Å². The molecule has 1 aromatic carbocycles. The average Bonchev–Trinajstić information content (AvgIpc) is 2.82. The molecular formula is C15H15N3O2. The molecule has 0 spiro atoms. The van der Waals surface area contributed by atoms with E-state index in [2.05, 4.69) is 27.4 Å². The first-order valence-electron chi connectivity index (χ1n) is 6.13. The zero-order valence-electron chi connectivity index (χ0n) is 11.3. The van der Waals surface area contributed by atoms with E-state index in [1.54, 1.807) is 13.0 Å². The lowest BCUT2D eigenvalue weighted by molar-refractivity contribution is 0.102. The smallest absolute Gasteiger partial charge is 0.259 e. The Morgan fingerprint density at radius 3 is 2.85 bits per heavy atom. The first-order valence-corrected chi connectivity index (χ1v) is 6.13. The summed E-state index contributed by atoms with van der Waals surface area (Å²) in [5.74, 6) is 5.19. The van der Waals surface area contributed by atoms with Gasteiger partial charge in [0.2, 0.25) is 0 Å². The van der Waals surface area contributed by atoms with E-state index < -0.39 is 0 Å².